The molecule has 14 nitrogen and oxygen atoms in total. The molecular formula is C56H36N2O12. The molecule has 8 rings (SSSR count). The number of fused-ring (bicyclic) bond motifs is 1. The second kappa shape index (κ2) is 20.6. The number of esters is 5. The van der Waals surface area contributed by atoms with Gasteiger partial charge in [-0.15, -0.1) is 10.5 Å². The monoisotopic (exact) mass is 928 g/mol. The molecule has 342 valence electrons. The lowest BCUT2D eigenvalue weighted by Gasteiger charge is -2.27. The van der Waals surface area contributed by atoms with Crippen LogP contribution in [-0.4, -0.2) is 29.8 Å². The minimum Gasteiger partial charge on any atom is -0.423 e. The lowest BCUT2D eigenvalue weighted by molar-refractivity contribution is 0.0696. The molecular weight excluding hydrogens is 893 g/mol. The van der Waals surface area contributed by atoms with Crippen molar-refractivity contribution in [2.45, 2.75) is 19.3 Å². The second-order valence-corrected chi connectivity index (χ2v) is 15.8. The summed E-state index contributed by atoms with van der Waals surface area (Å²) in [5.74, 6) is -1.80. The summed E-state index contributed by atoms with van der Waals surface area (Å²) < 4.78 is 37.6. The van der Waals surface area contributed by atoms with Crippen molar-refractivity contribution in [3.63, 3.8) is 0 Å². The smallest absolute Gasteiger partial charge is 0.347 e. The fraction of sp³-hybridized carbons (Fsp3) is 0.0536. The van der Waals surface area contributed by atoms with E-state index in [4.69, 9.17) is 43.7 Å². The van der Waals surface area contributed by atoms with E-state index in [0.29, 0.717) is 28.0 Å². The Morgan fingerprint density at radius 2 is 0.771 bits per heavy atom. The van der Waals surface area contributed by atoms with Gasteiger partial charge in [-0.1, -0.05) is 62.4 Å². The molecule has 0 aromatic heterocycles. The molecule has 0 fully saturated rings. The van der Waals surface area contributed by atoms with E-state index in [2.05, 4.69) is 0 Å². The van der Waals surface area contributed by atoms with Crippen LogP contribution < -0.4 is 33.2 Å². The van der Waals surface area contributed by atoms with E-state index < -0.39 is 35.3 Å². The van der Waals surface area contributed by atoms with Gasteiger partial charge in [-0.25, -0.2) is 24.0 Å². The van der Waals surface area contributed by atoms with Gasteiger partial charge in [0.2, 0.25) is 0 Å². The first-order chi connectivity index (χ1) is 33.9. The fourth-order valence-corrected chi connectivity index (χ4v) is 7.10. The average Bonchev–Trinajstić information content (AvgIpc) is 3.37. The molecule has 0 atom stereocenters. The molecule has 0 spiro atoms. The maximum atomic E-state index is 13.3. The lowest BCUT2D eigenvalue weighted by atomic mass is 9.78. The molecule has 0 bridgehead atoms. The van der Waals surface area contributed by atoms with Crippen molar-refractivity contribution < 1.29 is 57.1 Å². The largest absolute Gasteiger partial charge is 0.423 e. The maximum absolute atomic E-state index is 13.3. The van der Waals surface area contributed by atoms with E-state index in [0.717, 1.165) is 11.1 Å². The second-order valence-electron chi connectivity index (χ2n) is 15.8. The van der Waals surface area contributed by atoms with Gasteiger partial charge in [-0.2, -0.15) is 0 Å². The van der Waals surface area contributed by atoms with Crippen LogP contribution in [0.25, 0.3) is 10.8 Å². The topological polar surface area (TPSA) is 198 Å². The molecule has 0 saturated carbocycles. The first-order valence-corrected chi connectivity index (χ1v) is 21.2. The predicted octanol–water partition coefficient (Wildman–Crippen LogP) is 11.0. The molecule has 0 amide bonds. The zero-order valence-corrected chi connectivity index (χ0v) is 37.1. The molecule has 0 radical (unpaired) electrons. The number of para-hydroxylation sites is 1. The van der Waals surface area contributed by atoms with Crippen molar-refractivity contribution in [2.24, 2.45) is 0 Å². The predicted molar refractivity (Wildman–Crippen MR) is 252 cm³/mol. The van der Waals surface area contributed by atoms with E-state index >= 15 is 0 Å². The molecule has 0 heterocycles. The van der Waals surface area contributed by atoms with Gasteiger partial charge in [0, 0.05) is 5.41 Å². The van der Waals surface area contributed by atoms with Gasteiger partial charge in [-0.3, -0.25) is 0 Å². The minimum atomic E-state index is -0.772. The molecule has 8 aromatic carbocycles. The number of hydrogen-bond acceptors (Lipinski definition) is 14. The van der Waals surface area contributed by atoms with Crippen LogP contribution in [0.2, 0.25) is 0 Å². The summed E-state index contributed by atoms with van der Waals surface area (Å²) in [6.07, 6.45) is 3.13. The number of nitriles is 2. The Bertz CT molecular complexity index is 3390. The Labute approximate surface area is 399 Å². The van der Waals surface area contributed by atoms with E-state index in [1.165, 1.54) is 84.9 Å². The molecule has 0 aliphatic rings. The zero-order valence-electron chi connectivity index (χ0n) is 37.1. The van der Waals surface area contributed by atoms with Gasteiger partial charge in [0.1, 0.15) is 45.8 Å². The molecule has 0 unspecified atom stereocenters. The van der Waals surface area contributed by atoms with Gasteiger partial charge >= 0.3 is 29.8 Å². The Hall–Kier alpha value is -10.1. The normalized spacial score (nSPS) is 10.7. The van der Waals surface area contributed by atoms with Crippen molar-refractivity contribution in [2.75, 3.05) is 0 Å². The van der Waals surface area contributed by atoms with Crippen molar-refractivity contribution in [1.82, 2.24) is 0 Å². The number of hydrogen-bond donors (Lipinski definition) is 0. The third-order valence-electron chi connectivity index (χ3n) is 10.9. The summed E-state index contributed by atoms with van der Waals surface area (Å²) in [6, 6.07) is 47.7. The van der Waals surface area contributed by atoms with Gasteiger partial charge in [0.05, 0.1) is 22.3 Å². The Morgan fingerprint density at radius 3 is 1.31 bits per heavy atom. The highest BCUT2D eigenvalue weighted by Crippen LogP contribution is 2.35. The average molecular weight is 929 g/mol. The molecule has 0 aliphatic heterocycles. The van der Waals surface area contributed by atoms with Gasteiger partial charge in [0.25, 0.3) is 12.5 Å². The third kappa shape index (κ3) is 11.0. The first-order valence-electron chi connectivity index (χ1n) is 21.2. The highest BCUT2D eigenvalue weighted by Gasteiger charge is 2.26. The Morgan fingerprint density at radius 1 is 0.371 bits per heavy atom. The fourth-order valence-electron chi connectivity index (χ4n) is 7.10. The highest BCUT2D eigenvalue weighted by atomic mass is 16.6. The minimum absolute atomic E-state index is 0.00684. The summed E-state index contributed by atoms with van der Waals surface area (Å²) >= 11 is 0. The third-order valence-corrected chi connectivity index (χ3v) is 10.9. The number of ether oxygens (including phenoxy) is 7. The van der Waals surface area contributed by atoms with Crippen LogP contribution in [0, 0.1) is 23.0 Å². The number of rotatable bonds is 14. The van der Waals surface area contributed by atoms with Gasteiger partial charge < -0.3 is 33.2 Å². The molecule has 0 aliphatic carbocycles. The van der Waals surface area contributed by atoms with E-state index in [-0.39, 0.29) is 50.8 Å². The van der Waals surface area contributed by atoms with Gasteiger partial charge in [0.15, 0.2) is 0 Å². The number of nitrogens with zero attached hydrogens (tertiary/aromatic N) is 2. The zero-order chi connectivity index (χ0) is 49.2. The van der Waals surface area contributed by atoms with Crippen molar-refractivity contribution in [1.29, 1.82) is 10.5 Å². The van der Waals surface area contributed by atoms with Crippen LogP contribution in [0.5, 0.6) is 40.2 Å². The molecule has 0 N–H and O–H groups in total. The van der Waals surface area contributed by atoms with Crippen molar-refractivity contribution in [3.05, 3.63) is 221 Å². The van der Waals surface area contributed by atoms with Crippen molar-refractivity contribution >= 4 is 40.6 Å². The molecule has 8 aromatic rings. The van der Waals surface area contributed by atoms with Crippen LogP contribution in [-0.2, 0) is 5.41 Å². The Kier molecular flexibility index (Phi) is 13.7. The molecule has 14 heteroatoms. The lowest BCUT2D eigenvalue weighted by Crippen LogP contribution is -2.19. The van der Waals surface area contributed by atoms with Crippen molar-refractivity contribution in [3.8, 4) is 52.8 Å². The number of carbonyl (C=O) groups is 5. The molecule has 70 heavy (non-hydrogen) atoms. The SMILES string of the molecule is CC(C)(c1cccc(OC(=O)c2ccc(OC#N)cc2)c1)c1cccc(OC(=O)c2ccc(OC(=O)c3ccc4cc(OC(=O)c5ccccc5OC(=O)c5ccc(OC#N)cc5)ccc4c3)cc2)c1. The van der Waals surface area contributed by atoms with Crippen LogP contribution in [0.4, 0.5) is 0 Å². The first kappa shape index (κ1) is 46.5. The van der Waals surface area contributed by atoms with E-state index in [1.807, 2.05) is 26.0 Å². The summed E-state index contributed by atoms with van der Waals surface area (Å²) in [4.78, 5) is 65.4. The standard InChI is InChI=1S/C56H36N2O12/c1-56(2,41-7-5-9-46(31-41)67-51(59)35-15-22-43(23-16-35)64-33-57)42-8-6-10-47(32-42)68-52(60)36-19-26-45(27-20-36)66-54(62)40-14-13-39-30-48(28-21-38(39)29-40)69-55(63)49-11-3-4-12-50(49)70-53(61)37-17-24-44(25-18-37)65-34-58/h3-32H,1-2H3. The van der Waals surface area contributed by atoms with Crippen LogP contribution in [0.1, 0.15) is 76.8 Å². The number of benzene rings is 8. The Balaban J connectivity index is 0.859. The highest BCUT2D eigenvalue weighted by molar-refractivity contribution is 5.99. The molecule has 0 saturated heterocycles. The maximum Gasteiger partial charge on any atom is 0.347 e. The van der Waals surface area contributed by atoms with Crippen LogP contribution in [0.3, 0.4) is 0 Å². The number of carbonyl (C=O) groups excluding carboxylic acids is 5. The van der Waals surface area contributed by atoms with Gasteiger partial charge in [-0.05, 0) is 155 Å². The van der Waals surface area contributed by atoms with Crippen LogP contribution in [0.15, 0.2) is 182 Å². The summed E-state index contributed by atoms with van der Waals surface area (Å²) in [7, 11) is 0. The summed E-state index contributed by atoms with van der Waals surface area (Å²) in [5.41, 5.74) is 1.96. The van der Waals surface area contributed by atoms with E-state index in [9.17, 15) is 24.0 Å². The van der Waals surface area contributed by atoms with E-state index in [1.54, 1.807) is 97.4 Å². The summed E-state index contributed by atoms with van der Waals surface area (Å²) in [6.45, 7) is 3.98. The quantitative estimate of drug-likeness (QED) is 0.0567. The van der Waals surface area contributed by atoms with Crippen LogP contribution >= 0.6 is 0 Å². The summed E-state index contributed by atoms with van der Waals surface area (Å²) in [5, 5.41) is 18.7.